The zero-order valence-electron chi connectivity index (χ0n) is 21.4. The van der Waals surface area contributed by atoms with Gasteiger partial charge >= 0.3 is 0 Å². The zero-order chi connectivity index (χ0) is 26.1. The lowest BCUT2D eigenvalue weighted by molar-refractivity contribution is -0.123. The fourth-order valence-electron chi connectivity index (χ4n) is 5.32. The lowest BCUT2D eigenvalue weighted by Gasteiger charge is -2.31. The second kappa shape index (κ2) is 13.4. The van der Waals surface area contributed by atoms with Gasteiger partial charge in [-0.15, -0.1) is 24.8 Å². The van der Waals surface area contributed by atoms with Crippen molar-refractivity contribution in [2.75, 3.05) is 11.9 Å². The first-order valence-corrected chi connectivity index (χ1v) is 13.5. The van der Waals surface area contributed by atoms with Gasteiger partial charge in [-0.05, 0) is 87.4 Å². The van der Waals surface area contributed by atoms with Crippen molar-refractivity contribution in [3.63, 3.8) is 0 Å². The topological polar surface area (TPSA) is 103 Å². The average Bonchev–Trinajstić information content (AvgIpc) is 3.43. The molecule has 3 aromatic rings. The van der Waals surface area contributed by atoms with Crippen LogP contribution in [0.4, 0.5) is 5.69 Å². The molecule has 2 heterocycles. The zero-order valence-corrected chi connectivity index (χ0v) is 24.6. The van der Waals surface area contributed by atoms with E-state index in [0.29, 0.717) is 5.56 Å². The molecule has 39 heavy (non-hydrogen) atoms. The molecule has 1 saturated heterocycles. The molecule has 1 aliphatic heterocycles. The van der Waals surface area contributed by atoms with E-state index in [2.05, 4.69) is 20.9 Å². The summed E-state index contributed by atoms with van der Waals surface area (Å²) >= 11 is 12.3. The fourth-order valence-corrected chi connectivity index (χ4v) is 5.81. The van der Waals surface area contributed by atoms with Crippen LogP contribution < -0.4 is 16.0 Å². The minimum atomic E-state index is -0.151. The second-order valence-electron chi connectivity index (χ2n) is 9.97. The number of aromatic hydroxyl groups is 1. The van der Waals surface area contributed by atoms with Gasteiger partial charge in [-0.1, -0.05) is 29.3 Å². The molecule has 1 atom stereocenters. The molecule has 0 bridgehead atoms. The van der Waals surface area contributed by atoms with Crippen molar-refractivity contribution in [3.8, 4) is 16.9 Å². The van der Waals surface area contributed by atoms with E-state index in [-0.39, 0.29) is 70.4 Å². The van der Waals surface area contributed by atoms with Crippen molar-refractivity contribution in [2.45, 2.75) is 63.6 Å². The molecule has 210 valence electrons. The first-order valence-electron chi connectivity index (χ1n) is 12.7. The molecular weight excluding hydrogens is 582 g/mol. The smallest absolute Gasteiger partial charge is 0.237 e. The van der Waals surface area contributed by atoms with Crippen molar-refractivity contribution in [3.05, 3.63) is 52.1 Å². The molecule has 0 spiro atoms. The summed E-state index contributed by atoms with van der Waals surface area (Å²) in [5.74, 6) is -0.111. The average molecular weight is 614 g/mol. The molecule has 2 fully saturated rings. The molecule has 4 N–H and O–H groups in total. The first kappa shape index (κ1) is 31.2. The Kier molecular flexibility index (Phi) is 10.7. The van der Waals surface area contributed by atoms with Crippen LogP contribution in [0.2, 0.25) is 10.0 Å². The summed E-state index contributed by atoms with van der Waals surface area (Å²) in [6, 6.07) is 9.39. The van der Waals surface area contributed by atoms with Crippen molar-refractivity contribution in [2.24, 2.45) is 0 Å². The number of pyridine rings is 1. The third-order valence-electron chi connectivity index (χ3n) is 7.40. The molecule has 1 saturated carbocycles. The summed E-state index contributed by atoms with van der Waals surface area (Å²) < 4.78 is 0. The Morgan fingerprint density at radius 2 is 1.64 bits per heavy atom. The summed E-state index contributed by atoms with van der Waals surface area (Å²) in [6.07, 6.45) is 7.09. The Balaban J connectivity index is 0.00000210. The van der Waals surface area contributed by atoms with Gasteiger partial charge in [0.25, 0.3) is 0 Å². The number of rotatable bonds is 6. The van der Waals surface area contributed by atoms with Gasteiger partial charge in [0.15, 0.2) is 11.5 Å². The van der Waals surface area contributed by atoms with Crippen LogP contribution in [-0.4, -0.2) is 46.5 Å². The largest absolute Gasteiger partial charge is 0.505 e. The monoisotopic (exact) mass is 612 g/mol. The van der Waals surface area contributed by atoms with E-state index in [1.165, 1.54) is 0 Å². The van der Waals surface area contributed by atoms with Crippen LogP contribution in [0.1, 0.15) is 55.8 Å². The standard InChI is InChI=1S/C28H30Cl2N4O3.2ClH/c1-15(35)21-14-32-24-9-4-16(17-12-22(29)27(36)23(30)13-17)11-20(24)26(21)33-18-5-7-19(8-6-18)34-28(37)25-3-2-10-31-25;;/h4,9,11-14,18-19,25,31,36H,2-3,5-8,10H2,1H3,(H,32,33)(H,34,37);2*1H. The minimum Gasteiger partial charge on any atom is -0.505 e. The highest BCUT2D eigenvalue weighted by Crippen LogP contribution is 2.38. The molecule has 11 heteroatoms. The number of benzene rings is 2. The Hall–Kier alpha value is -2.29. The molecule has 7 nitrogen and oxygen atoms in total. The normalized spacial score (nSPS) is 20.5. The van der Waals surface area contributed by atoms with E-state index in [0.717, 1.165) is 72.8 Å². The number of carbonyl (C=O) groups is 2. The van der Waals surface area contributed by atoms with Crippen LogP contribution in [0.15, 0.2) is 36.5 Å². The molecule has 1 amide bonds. The summed E-state index contributed by atoms with van der Waals surface area (Å²) in [5.41, 5.74) is 3.65. The first-order chi connectivity index (χ1) is 17.8. The molecule has 1 aromatic heterocycles. The van der Waals surface area contributed by atoms with Crippen LogP contribution in [0.25, 0.3) is 22.0 Å². The maximum Gasteiger partial charge on any atom is 0.237 e. The number of anilines is 1. The number of carbonyl (C=O) groups excluding carboxylic acids is 2. The van der Waals surface area contributed by atoms with Gasteiger partial charge in [-0.3, -0.25) is 14.6 Å². The summed E-state index contributed by atoms with van der Waals surface area (Å²) in [4.78, 5) is 29.6. The van der Waals surface area contributed by atoms with E-state index >= 15 is 0 Å². The van der Waals surface area contributed by atoms with Crippen molar-refractivity contribution in [1.82, 2.24) is 15.6 Å². The molecule has 1 aliphatic carbocycles. The van der Waals surface area contributed by atoms with E-state index in [1.807, 2.05) is 18.2 Å². The van der Waals surface area contributed by atoms with Gasteiger partial charge in [0, 0.05) is 23.7 Å². The van der Waals surface area contributed by atoms with Crippen LogP contribution >= 0.6 is 48.0 Å². The minimum absolute atomic E-state index is 0. The number of aromatic nitrogens is 1. The maximum absolute atomic E-state index is 12.5. The van der Waals surface area contributed by atoms with E-state index < -0.39 is 0 Å². The third kappa shape index (κ3) is 6.90. The Labute approximate surface area is 250 Å². The number of nitrogens with one attached hydrogen (secondary N) is 3. The predicted octanol–water partition coefficient (Wildman–Crippen LogP) is 6.55. The maximum atomic E-state index is 12.5. The summed E-state index contributed by atoms with van der Waals surface area (Å²) in [5, 5.41) is 21.2. The fraction of sp³-hybridized carbons (Fsp3) is 0.393. The molecule has 0 radical (unpaired) electrons. The van der Waals surface area contributed by atoms with Crippen molar-refractivity contribution < 1.29 is 14.7 Å². The van der Waals surface area contributed by atoms with E-state index in [4.69, 9.17) is 23.2 Å². The number of phenolic OH excluding ortho intramolecular Hbond substituents is 1. The number of amides is 1. The second-order valence-corrected chi connectivity index (χ2v) is 10.8. The van der Waals surface area contributed by atoms with Crippen LogP contribution in [0.5, 0.6) is 5.75 Å². The number of hydrogen-bond acceptors (Lipinski definition) is 6. The number of fused-ring (bicyclic) bond motifs is 1. The predicted molar refractivity (Wildman–Crippen MR) is 162 cm³/mol. The highest BCUT2D eigenvalue weighted by atomic mass is 35.5. The van der Waals surface area contributed by atoms with Crippen LogP contribution in [0.3, 0.4) is 0 Å². The van der Waals surface area contributed by atoms with Crippen LogP contribution in [-0.2, 0) is 4.79 Å². The van der Waals surface area contributed by atoms with Gasteiger partial charge in [-0.25, -0.2) is 0 Å². The van der Waals surface area contributed by atoms with Gasteiger partial charge in [0.2, 0.25) is 5.91 Å². The van der Waals surface area contributed by atoms with Gasteiger partial charge in [0.1, 0.15) is 0 Å². The summed E-state index contributed by atoms with van der Waals surface area (Å²) in [6.45, 7) is 2.45. The molecule has 1 unspecified atom stereocenters. The lowest BCUT2D eigenvalue weighted by Crippen LogP contribution is -2.47. The Bertz CT molecular complexity index is 1330. The Morgan fingerprint density at radius 3 is 2.26 bits per heavy atom. The SMILES string of the molecule is CC(=O)c1cnc2ccc(-c3cc(Cl)c(O)c(Cl)c3)cc2c1NC1CCC(NC(=O)C2CCCN2)CC1.Cl.Cl. The highest BCUT2D eigenvalue weighted by molar-refractivity contribution is 6.37. The highest BCUT2D eigenvalue weighted by Gasteiger charge is 2.28. The Morgan fingerprint density at radius 1 is 0.974 bits per heavy atom. The lowest BCUT2D eigenvalue weighted by atomic mass is 9.90. The van der Waals surface area contributed by atoms with Crippen molar-refractivity contribution >= 4 is 76.3 Å². The number of nitrogens with zero attached hydrogens (tertiary/aromatic N) is 1. The van der Waals surface area contributed by atoms with Gasteiger partial charge in [-0.2, -0.15) is 0 Å². The summed E-state index contributed by atoms with van der Waals surface area (Å²) in [7, 11) is 0. The number of halogens is 4. The van der Waals surface area contributed by atoms with Gasteiger partial charge < -0.3 is 21.1 Å². The number of Topliss-reactive ketones (excluding diaryl/α,β-unsaturated/α-hetero) is 1. The number of hydrogen-bond donors (Lipinski definition) is 4. The quantitative estimate of drug-likeness (QED) is 0.235. The van der Waals surface area contributed by atoms with Gasteiger partial charge in [0.05, 0.1) is 32.9 Å². The molecule has 2 aromatic carbocycles. The van der Waals surface area contributed by atoms with E-state index in [9.17, 15) is 14.7 Å². The number of phenols is 1. The molecule has 5 rings (SSSR count). The third-order valence-corrected chi connectivity index (χ3v) is 7.97. The van der Waals surface area contributed by atoms with E-state index in [1.54, 1.807) is 25.3 Å². The molecular formula is C28H32Cl4N4O3. The molecule has 2 aliphatic rings. The van der Waals surface area contributed by atoms with Crippen molar-refractivity contribution in [1.29, 1.82) is 0 Å². The number of ketones is 1. The van der Waals surface area contributed by atoms with Crippen LogP contribution in [0, 0.1) is 0 Å².